The number of nitrogens with zero attached hydrogens (tertiary/aromatic N) is 2. The van der Waals surface area contributed by atoms with Crippen LogP contribution in [0.5, 0.6) is 0 Å². The maximum Gasteiger partial charge on any atom is 0.253 e. The molecule has 0 aliphatic heterocycles. The van der Waals surface area contributed by atoms with E-state index in [4.69, 9.17) is 16.3 Å². The molecule has 5 nitrogen and oxygen atoms in total. The third kappa shape index (κ3) is 3.95. The van der Waals surface area contributed by atoms with Crippen molar-refractivity contribution in [2.24, 2.45) is 5.16 Å². The molecule has 0 N–H and O–H groups in total. The minimum Gasteiger partial charge on any atom is -0.399 e. The number of ether oxygens (including phenoxy) is 1. The molecule has 0 aromatic heterocycles. The van der Waals surface area contributed by atoms with E-state index in [9.17, 15) is 4.79 Å². The maximum absolute atomic E-state index is 12.3. The highest BCUT2D eigenvalue weighted by Crippen LogP contribution is 2.30. The third-order valence-corrected chi connectivity index (χ3v) is 3.06. The summed E-state index contributed by atoms with van der Waals surface area (Å²) in [6, 6.07) is 5.18. The molecule has 0 saturated heterocycles. The number of carbonyl (C=O) groups is 1. The maximum atomic E-state index is 12.3. The van der Waals surface area contributed by atoms with E-state index in [1.54, 1.807) is 11.0 Å². The molecule has 0 saturated carbocycles. The van der Waals surface area contributed by atoms with Gasteiger partial charge in [-0.15, -0.1) is 0 Å². The molecule has 0 unspecified atom stereocenters. The van der Waals surface area contributed by atoms with Crippen LogP contribution in [-0.4, -0.2) is 39.0 Å². The number of carbonyl (C=O) groups excluding carboxylic acids is 1. The molecule has 0 heterocycles. The fourth-order valence-corrected chi connectivity index (χ4v) is 2.21. The molecule has 0 radical (unpaired) electrons. The second kappa shape index (κ2) is 7.87. The fourth-order valence-electron chi connectivity index (χ4n) is 1.89. The van der Waals surface area contributed by atoms with E-state index in [2.05, 4.69) is 9.99 Å². The molecule has 0 bridgehead atoms. The van der Waals surface area contributed by atoms with Crippen molar-refractivity contribution in [1.82, 2.24) is 0 Å². The van der Waals surface area contributed by atoms with Gasteiger partial charge in [0, 0.05) is 7.11 Å². The first-order valence-corrected chi connectivity index (χ1v) is 6.53. The zero-order valence-corrected chi connectivity index (χ0v) is 12.8. The van der Waals surface area contributed by atoms with Gasteiger partial charge in [-0.1, -0.05) is 28.9 Å². The molecule has 1 amide bonds. The Labute approximate surface area is 124 Å². The van der Waals surface area contributed by atoms with E-state index < -0.39 is 0 Å². The van der Waals surface area contributed by atoms with Crippen LogP contribution in [0.15, 0.2) is 23.4 Å². The number of amides is 1. The van der Waals surface area contributed by atoms with Crippen molar-refractivity contribution in [3.63, 3.8) is 0 Å². The normalized spacial score (nSPS) is 12.4. The molecule has 6 heteroatoms. The average Bonchev–Trinajstić information content (AvgIpc) is 2.40. The van der Waals surface area contributed by atoms with Gasteiger partial charge in [0.15, 0.2) is 0 Å². The van der Waals surface area contributed by atoms with Gasteiger partial charge in [0.1, 0.15) is 13.7 Å². The zero-order valence-electron chi connectivity index (χ0n) is 12.1. The van der Waals surface area contributed by atoms with Crippen molar-refractivity contribution in [2.45, 2.75) is 19.9 Å². The minimum atomic E-state index is -0.309. The summed E-state index contributed by atoms with van der Waals surface area (Å²) < 4.78 is 4.93. The first-order chi connectivity index (χ1) is 9.52. The number of halogens is 1. The molecule has 0 aliphatic carbocycles. The SMILES string of the molecule is COCC(=O)N(c1c(C)cccc1Cl)[C@H](C)/C=N\OC. The predicted octanol–water partition coefficient (Wildman–Crippen LogP) is 2.65. The monoisotopic (exact) mass is 298 g/mol. The van der Waals surface area contributed by atoms with Gasteiger partial charge in [0.25, 0.3) is 5.91 Å². The molecule has 20 heavy (non-hydrogen) atoms. The number of methoxy groups -OCH3 is 1. The Morgan fingerprint density at radius 2 is 2.20 bits per heavy atom. The second-order valence-electron chi connectivity index (χ2n) is 4.28. The van der Waals surface area contributed by atoms with Crippen LogP contribution in [0.4, 0.5) is 5.69 Å². The number of anilines is 1. The lowest BCUT2D eigenvalue weighted by Crippen LogP contribution is -2.42. The molecular weight excluding hydrogens is 280 g/mol. The highest BCUT2D eigenvalue weighted by Gasteiger charge is 2.24. The summed E-state index contributed by atoms with van der Waals surface area (Å²) in [6.07, 6.45) is 1.54. The largest absolute Gasteiger partial charge is 0.399 e. The number of hydrogen-bond acceptors (Lipinski definition) is 4. The van der Waals surface area contributed by atoms with Crippen molar-refractivity contribution >= 4 is 29.4 Å². The summed E-state index contributed by atoms with van der Waals surface area (Å²) in [6.45, 7) is 3.70. The van der Waals surface area contributed by atoms with Crippen LogP contribution in [0.3, 0.4) is 0 Å². The lowest BCUT2D eigenvalue weighted by atomic mass is 10.1. The lowest BCUT2D eigenvalue weighted by Gasteiger charge is -2.28. The Bertz CT molecular complexity index is 471. The standard InChI is InChI=1S/C14H19ClN2O3/c1-10-6-5-7-12(15)14(10)17(13(18)9-19-3)11(2)8-16-20-4/h5-8,11H,9H2,1-4H3/b16-8-/t11-/m1/s1. The highest BCUT2D eigenvalue weighted by molar-refractivity contribution is 6.34. The van der Waals surface area contributed by atoms with Gasteiger partial charge in [-0.05, 0) is 25.5 Å². The van der Waals surface area contributed by atoms with Crippen LogP contribution < -0.4 is 4.90 Å². The summed E-state index contributed by atoms with van der Waals surface area (Å²) in [5.74, 6) is -0.196. The van der Waals surface area contributed by atoms with Crippen molar-refractivity contribution in [1.29, 1.82) is 0 Å². The zero-order chi connectivity index (χ0) is 15.1. The van der Waals surface area contributed by atoms with E-state index in [1.165, 1.54) is 20.4 Å². The van der Waals surface area contributed by atoms with Gasteiger partial charge in [-0.2, -0.15) is 0 Å². The van der Waals surface area contributed by atoms with Crippen molar-refractivity contribution in [2.75, 3.05) is 25.7 Å². The number of benzene rings is 1. The number of hydrogen-bond donors (Lipinski definition) is 0. The third-order valence-electron chi connectivity index (χ3n) is 2.76. The molecule has 1 aromatic carbocycles. The van der Waals surface area contributed by atoms with Gasteiger partial charge in [-0.3, -0.25) is 4.79 Å². The molecular formula is C14H19ClN2O3. The molecule has 1 aromatic rings. The number of aryl methyl sites for hydroxylation is 1. The Balaban J connectivity index is 3.23. The molecule has 1 rings (SSSR count). The van der Waals surface area contributed by atoms with Crippen molar-refractivity contribution in [3.8, 4) is 0 Å². The predicted molar refractivity (Wildman–Crippen MR) is 80.5 cm³/mol. The molecule has 0 fully saturated rings. The first-order valence-electron chi connectivity index (χ1n) is 6.15. The van der Waals surface area contributed by atoms with Crippen LogP contribution >= 0.6 is 11.6 Å². The second-order valence-corrected chi connectivity index (χ2v) is 4.69. The van der Waals surface area contributed by atoms with Crippen LogP contribution in [0.25, 0.3) is 0 Å². The van der Waals surface area contributed by atoms with Crippen LogP contribution in [0, 0.1) is 6.92 Å². The smallest absolute Gasteiger partial charge is 0.253 e. The van der Waals surface area contributed by atoms with E-state index in [-0.39, 0.29) is 18.6 Å². The number of rotatable bonds is 6. The van der Waals surface area contributed by atoms with E-state index in [0.717, 1.165) is 5.56 Å². The van der Waals surface area contributed by atoms with Crippen molar-refractivity contribution in [3.05, 3.63) is 28.8 Å². The Hall–Kier alpha value is -1.59. The first kappa shape index (κ1) is 16.5. The van der Waals surface area contributed by atoms with Gasteiger partial charge < -0.3 is 14.5 Å². The average molecular weight is 299 g/mol. The molecule has 110 valence electrons. The summed E-state index contributed by atoms with van der Waals surface area (Å²) in [7, 11) is 2.93. The molecule has 1 atom stereocenters. The summed E-state index contributed by atoms with van der Waals surface area (Å²) in [4.78, 5) is 18.5. The number of oxime groups is 1. The summed E-state index contributed by atoms with van der Waals surface area (Å²) in [5, 5.41) is 4.22. The number of para-hydroxylation sites is 1. The molecule has 0 spiro atoms. The van der Waals surface area contributed by atoms with Crippen LogP contribution in [0.1, 0.15) is 12.5 Å². The Kier molecular flexibility index (Phi) is 6.48. The Morgan fingerprint density at radius 1 is 1.50 bits per heavy atom. The molecule has 0 aliphatic rings. The van der Waals surface area contributed by atoms with Gasteiger partial charge in [0.05, 0.1) is 23.0 Å². The summed E-state index contributed by atoms with van der Waals surface area (Å²) in [5.41, 5.74) is 1.56. The lowest BCUT2D eigenvalue weighted by molar-refractivity contribution is -0.122. The minimum absolute atomic E-state index is 0.0319. The summed E-state index contributed by atoms with van der Waals surface area (Å²) >= 11 is 6.24. The fraction of sp³-hybridized carbons (Fsp3) is 0.429. The van der Waals surface area contributed by atoms with Crippen molar-refractivity contribution < 1.29 is 14.4 Å². The van der Waals surface area contributed by atoms with Crippen LogP contribution in [0.2, 0.25) is 5.02 Å². The Morgan fingerprint density at radius 3 is 2.75 bits per heavy atom. The van der Waals surface area contributed by atoms with E-state index in [0.29, 0.717) is 10.7 Å². The van der Waals surface area contributed by atoms with Gasteiger partial charge >= 0.3 is 0 Å². The van der Waals surface area contributed by atoms with Crippen LogP contribution in [-0.2, 0) is 14.4 Å². The highest BCUT2D eigenvalue weighted by atomic mass is 35.5. The van der Waals surface area contributed by atoms with E-state index >= 15 is 0 Å². The topological polar surface area (TPSA) is 51.1 Å². The quantitative estimate of drug-likeness (QED) is 0.599. The van der Waals surface area contributed by atoms with Gasteiger partial charge in [-0.25, -0.2) is 0 Å². The van der Waals surface area contributed by atoms with E-state index in [1.807, 2.05) is 26.0 Å². The van der Waals surface area contributed by atoms with Gasteiger partial charge in [0.2, 0.25) is 0 Å².